The first-order valence-electron chi connectivity index (χ1n) is 15.7. The fraction of sp³-hybridized carbons (Fsp3) is 0.529. The first-order valence-corrected chi connectivity index (χ1v) is 15.7. The van der Waals surface area contributed by atoms with Gasteiger partial charge < -0.3 is 29.9 Å². The number of hydrogen-bond donors (Lipinski definition) is 2. The fourth-order valence-corrected chi connectivity index (χ4v) is 5.30. The van der Waals surface area contributed by atoms with E-state index >= 15 is 0 Å². The molecule has 0 radical (unpaired) electrons. The molecule has 2 aromatic carbocycles. The monoisotopic (exact) mass is 608 g/mol. The zero-order chi connectivity index (χ0) is 31.6. The van der Waals surface area contributed by atoms with Crippen LogP contribution >= 0.6 is 0 Å². The average molecular weight is 609 g/mol. The summed E-state index contributed by atoms with van der Waals surface area (Å²) in [6.07, 6.45) is 5.14. The van der Waals surface area contributed by atoms with Gasteiger partial charge in [-0.2, -0.15) is 0 Å². The van der Waals surface area contributed by atoms with Crippen LogP contribution in [0, 0.1) is 11.8 Å². The summed E-state index contributed by atoms with van der Waals surface area (Å²) in [6, 6.07) is 19.7. The molecule has 2 atom stereocenters. The molecule has 4 amide bonds. The van der Waals surface area contributed by atoms with Gasteiger partial charge in [-0.1, -0.05) is 67.1 Å². The molecule has 3 rings (SSSR count). The second-order valence-corrected chi connectivity index (χ2v) is 11.5. The first-order chi connectivity index (χ1) is 21.3. The number of carbonyl (C=O) groups excluding carboxylic acids is 4. The molecule has 2 unspecified atom stereocenters. The van der Waals surface area contributed by atoms with Gasteiger partial charge in [-0.15, -0.1) is 0 Å². The molecular formula is C34H48N4O6. The number of carbonyl (C=O) groups is 4. The minimum Gasteiger partial charge on any atom is -0.448 e. The zero-order valence-corrected chi connectivity index (χ0v) is 26.2. The minimum absolute atomic E-state index is 0.0144. The third-order valence-corrected chi connectivity index (χ3v) is 8.07. The normalized spacial score (nSPS) is 16.0. The smallest absolute Gasteiger partial charge is 0.407 e. The van der Waals surface area contributed by atoms with Crippen LogP contribution in [0.5, 0.6) is 0 Å². The van der Waals surface area contributed by atoms with Crippen LogP contribution in [-0.4, -0.2) is 87.3 Å². The molecule has 1 fully saturated rings. The summed E-state index contributed by atoms with van der Waals surface area (Å²) in [4.78, 5) is 52.3. The van der Waals surface area contributed by atoms with E-state index in [1.807, 2.05) is 60.7 Å². The van der Waals surface area contributed by atoms with Gasteiger partial charge in [-0.3, -0.25) is 9.59 Å². The summed E-state index contributed by atoms with van der Waals surface area (Å²) in [5.41, 5.74) is 2.24. The quantitative estimate of drug-likeness (QED) is 0.291. The van der Waals surface area contributed by atoms with Gasteiger partial charge in [0.25, 0.3) is 0 Å². The van der Waals surface area contributed by atoms with Crippen LogP contribution < -0.4 is 10.6 Å². The van der Waals surface area contributed by atoms with Gasteiger partial charge in [0.05, 0.1) is 13.1 Å². The Bertz CT molecular complexity index is 1070. The molecule has 0 heterocycles. The highest BCUT2D eigenvalue weighted by Crippen LogP contribution is 2.28. The zero-order valence-electron chi connectivity index (χ0n) is 26.2. The topological polar surface area (TPSA) is 117 Å². The Morgan fingerprint density at radius 2 is 1.09 bits per heavy atom. The molecule has 1 aliphatic rings. The number of likely N-dealkylation sites (N-methyl/N-ethyl adjacent to an activating group) is 2. The van der Waals surface area contributed by atoms with Crippen molar-refractivity contribution in [3.05, 3.63) is 71.8 Å². The summed E-state index contributed by atoms with van der Waals surface area (Å²) in [6.45, 7) is 1.98. The van der Waals surface area contributed by atoms with Crippen molar-refractivity contribution in [2.45, 2.75) is 51.4 Å². The lowest BCUT2D eigenvalue weighted by Crippen LogP contribution is -2.37. The lowest BCUT2D eigenvalue weighted by Gasteiger charge is -2.29. The Labute approximate surface area is 261 Å². The van der Waals surface area contributed by atoms with Crippen LogP contribution in [0.15, 0.2) is 60.7 Å². The van der Waals surface area contributed by atoms with E-state index in [0.717, 1.165) is 36.8 Å². The Balaban J connectivity index is 1.21. The number of nitrogens with one attached hydrogen (secondary N) is 2. The minimum atomic E-state index is -0.484. The van der Waals surface area contributed by atoms with Crippen LogP contribution in [0.25, 0.3) is 0 Å². The molecule has 0 saturated heterocycles. The van der Waals surface area contributed by atoms with Crippen molar-refractivity contribution in [1.29, 1.82) is 0 Å². The molecule has 0 spiro atoms. The van der Waals surface area contributed by atoms with Crippen molar-refractivity contribution in [2.75, 3.05) is 53.5 Å². The van der Waals surface area contributed by atoms with E-state index in [1.165, 1.54) is 0 Å². The van der Waals surface area contributed by atoms with Crippen molar-refractivity contribution < 1.29 is 28.7 Å². The van der Waals surface area contributed by atoms with Crippen LogP contribution in [0.2, 0.25) is 0 Å². The van der Waals surface area contributed by atoms with E-state index in [2.05, 4.69) is 10.6 Å². The van der Waals surface area contributed by atoms with E-state index in [9.17, 15) is 19.2 Å². The third-order valence-electron chi connectivity index (χ3n) is 8.07. The highest BCUT2D eigenvalue weighted by Gasteiger charge is 2.23. The van der Waals surface area contributed by atoms with Crippen LogP contribution in [0.3, 0.4) is 0 Å². The Morgan fingerprint density at radius 1 is 0.682 bits per heavy atom. The van der Waals surface area contributed by atoms with Gasteiger partial charge in [0, 0.05) is 40.0 Å². The second-order valence-electron chi connectivity index (χ2n) is 11.5. The molecule has 0 aromatic heterocycles. The standard InChI is InChI=1S/C34H48N4O6/c1-37(31(39)18-16-27-10-5-3-6-11-27)20-22-43-33(41)35-25-29-14-9-15-30(24-29)26-36-34(42)44-23-21-38(2)32(40)19-17-28-12-7-4-8-13-28/h3-8,10-13,29-30H,9,14-26H2,1-2H3,(H,35,41)(H,36,42). The Morgan fingerprint density at radius 3 is 1.50 bits per heavy atom. The summed E-state index contributed by atoms with van der Waals surface area (Å²) >= 11 is 0. The van der Waals surface area contributed by atoms with Gasteiger partial charge in [0.1, 0.15) is 13.2 Å². The van der Waals surface area contributed by atoms with Crippen molar-refractivity contribution in [3.8, 4) is 0 Å². The average Bonchev–Trinajstić information content (AvgIpc) is 3.05. The predicted molar refractivity (Wildman–Crippen MR) is 169 cm³/mol. The molecule has 44 heavy (non-hydrogen) atoms. The summed E-state index contributed by atoms with van der Waals surface area (Å²) in [5, 5.41) is 5.69. The number of hydrogen-bond acceptors (Lipinski definition) is 6. The molecule has 0 bridgehead atoms. The molecule has 240 valence electrons. The maximum atomic E-state index is 12.3. The van der Waals surface area contributed by atoms with Crippen molar-refractivity contribution in [3.63, 3.8) is 0 Å². The predicted octanol–water partition coefficient (Wildman–Crippen LogP) is 4.43. The highest BCUT2D eigenvalue weighted by atomic mass is 16.6. The number of aryl methyl sites for hydroxylation is 2. The lowest BCUT2D eigenvalue weighted by molar-refractivity contribution is -0.131. The molecule has 1 saturated carbocycles. The fourth-order valence-electron chi connectivity index (χ4n) is 5.30. The summed E-state index contributed by atoms with van der Waals surface area (Å²) in [7, 11) is 3.43. The molecule has 10 heteroatoms. The van der Waals surface area contributed by atoms with Crippen molar-refractivity contribution >= 4 is 24.0 Å². The maximum absolute atomic E-state index is 12.3. The lowest BCUT2D eigenvalue weighted by atomic mass is 9.81. The SMILES string of the molecule is CN(CCOC(=O)NCC1CCCC(CNC(=O)OCCN(C)C(=O)CCc2ccccc2)C1)C(=O)CCc1ccccc1. The Hall–Kier alpha value is -4.08. The van der Waals surface area contributed by atoms with E-state index in [4.69, 9.17) is 9.47 Å². The number of rotatable bonds is 16. The van der Waals surface area contributed by atoms with Gasteiger partial charge >= 0.3 is 12.2 Å². The number of alkyl carbamates (subject to hydrolysis) is 2. The molecule has 1 aliphatic carbocycles. The molecule has 2 N–H and O–H groups in total. The largest absolute Gasteiger partial charge is 0.448 e. The second kappa shape index (κ2) is 19.2. The van der Waals surface area contributed by atoms with E-state index in [1.54, 1.807) is 23.9 Å². The van der Waals surface area contributed by atoms with E-state index < -0.39 is 12.2 Å². The van der Waals surface area contributed by atoms with Gasteiger partial charge in [0.2, 0.25) is 11.8 Å². The molecule has 10 nitrogen and oxygen atoms in total. The van der Waals surface area contributed by atoms with Gasteiger partial charge in [-0.05, 0) is 55.1 Å². The number of benzene rings is 2. The third kappa shape index (κ3) is 13.5. The number of amides is 4. The first kappa shape index (κ1) is 34.4. The maximum Gasteiger partial charge on any atom is 0.407 e. The van der Waals surface area contributed by atoms with Crippen molar-refractivity contribution in [1.82, 2.24) is 20.4 Å². The Kier molecular flexibility index (Phi) is 15.1. The van der Waals surface area contributed by atoms with Crippen LogP contribution in [0.4, 0.5) is 9.59 Å². The molecule has 2 aromatic rings. The number of ether oxygens (including phenoxy) is 2. The molecule has 0 aliphatic heterocycles. The summed E-state index contributed by atoms with van der Waals surface area (Å²) < 4.78 is 10.6. The summed E-state index contributed by atoms with van der Waals surface area (Å²) in [5.74, 6) is 0.634. The van der Waals surface area contributed by atoms with E-state index in [-0.39, 0.29) is 25.0 Å². The molecular weight excluding hydrogens is 560 g/mol. The van der Waals surface area contributed by atoms with Crippen LogP contribution in [0.1, 0.15) is 49.7 Å². The van der Waals surface area contributed by atoms with Crippen molar-refractivity contribution in [2.24, 2.45) is 11.8 Å². The van der Waals surface area contributed by atoms with E-state index in [0.29, 0.717) is 63.7 Å². The van der Waals surface area contributed by atoms with Gasteiger partial charge in [-0.25, -0.2) is 9.59 Å². The van der Waals surface area contributed by atoms with Crippen LogP contribution in [-0.2, 0) is 31.9 Å². The highest BCUT2D eigenvalue weighted by molar-refractivity contribution is 5.76. The van der Waals surface area contributed by atoms with Gasteiger partial charge in [0.15, 0.2) is 0 Å². The number of nitrogens with zero attached hydrogens (tertiary/aromatic N) is 2.